The molecule has 0 fully saturated rings. The van der Waals surface area contributed by atoms with Crippen molar-refractivity contribution in [1.29, 1.82) is 0 Å². The number of amides is 1. The summed E-state index contributed by atoms with van der Waals surface area (Å²) in [7, 11) is 1.54. The van der Waals surface area contributed by atoms with Crippen LogP contribution in [0.5, 0.6) is 5.75 Å². The Morgan fingerprint density at radius 1 is 1.46 bits per heavy atom. The summed E-state index contributed by atoms with van der Waals surface area (Å²) in [5.41, 5.74) is 0.603. The number of ether oxygens (including phenoxy) is 1. The minimum absolute atomic E-state index is 0.165. The van der Waals surface area contributed by atoms with Gasteiger partial charge in [0.1, 0.15) is 5.75 Å². The van der Waals surface area contributed by atoms with Crippen molar-refractivity contribution < 1.29 is 9.53 Å². The van der Waals surface area contributed by atoms with E-state index in [1.165, 1.54) is 11.8 Å². The molecule has 3 rings (SSSR count). The molecule has 1 atom stereocenters. The second-order valence-corrected chi connectivity index (χ2v) is 8.04. The minimum Gasteiger partial charge on any atom is -0.495 e. The molecule has 10 heteroatoms. The second kappa shape index (κ2) is 8.52. The molecule has 1 aromatic carbocycles. The predicted octanol–water partition coefficient (Wildman–Crippen LogP) is 3.56. The van der Waals surface area contributed by atoms with E-state index in [1.807, 2.05) is 17.5 Å². The summed E-state index contributed by atoms with van der Waals surface area (Å²) >= 11 is 9.02. The fourth-order valence-electron chi connectivity index (χ4n) is 2.13. The molecule has 0 saturated heterocycles. The molecule has 0 aliphatic rings. The van der Waals surface area contributed by atoms with Gasteiger partial charge in [0.25, 0.3) is 0 Å². The lowest BCUT2D eigenvalue weighted by atomic mass is 10.3. The Morgan fingerprint density at radius 2 is 2.31 bits per heavy atom. The molecular formula is C16H16ClN5O2S2. The van der Waals surface area contributed by atoms with Gasteiger partial charge in [0.05, 0.1) is 23.9 Å². The van der Waals surface area contributed by atoms with E-state index in [0.717, 1.165) is 4.88 Å². The number of anilines is 1. The van der Waals surface area contributed by atoms with Crippen molar-refractivity contribution in [3.8, 4) is 5.75 Å². The Bertz CT molecular complexity index is 885. The molecule has 0 spiro atoms. The normalized spacial score (nSPS) is 12.0. The van der Waals surface area contributed by atoms with Crippen LogP contribution in [-0.2, 0) is 11.3 Å². The number of thiophene rings is 1. The number of carbonyl (C=O) groups excluding carboxylic acids is 1. The maximum absolute atomic E-state index is 12.5. The summed E-state index contributed by atoms with van der Waals surface area (Å²) in [6.45, 7) is 2.38. The van der Waals surface area contributed by atoms with Crippen molar-refractivity contribution in [2.45, 2.75) is 23.9 Å². The highest BCUT2D eigenvalue weighted by molar-refractivity contribution is 8.00. The molecule has 1 amide bonds. The van der Waals surface area contributed by atoms with Gasteiger partial charge in [-0.2, -0.15) is 0 Å². The van der Waals surface area contributed by atoms with Crippen LogP contribution in [0.4, 0.5) is 5.69 Å². The van der Waals surface area contributed by atoms with Crippen LogP contribution in [0.2, 0.25) is 5.02 Å². The molecule has 0 aliphatic heterocycles. The quantitative estimate of drug-likeness (QED) is 0.601. The van der Waals surface area contributed by atoms with Crippen molar-refractivity contribution >= 4 is 46.3 Å². The van der Waals surface area contributed by atoms with Crippen LogP contribution >= 0.6 is 34.7 Å². The monoisotopic (exact) mass is 409 g/mol. The van der Waals surface area contributed by atoms with Gasteiger partial charge in [-0.15, -0.1) is 16.4 Å². The number of aromatic nitrogens is 4. The first-order chi connectivity index (χ1) is 12.6. The topological polar surface area (TPSA) is 81.9 Å². The van der Waals surface area contributed by atoms with Gasteiger partial charge in [-0.25, -0.2) is 4.68 Å². The maximum atomic E-state index is 12.5. The van der Waals surface area contributed by atoms with E-state index in [0.29, 0.717) is 28.2 Å². The highest BCUT2D eigenvalue weighted by atomic mass is 35.5. The van der Waals surface area contributed by atoms with Crippen LogP contribution in [0.25, 0.3) is 0 Å². The summed E-state index contributed by atoms with van der Waals surface area (Å²) in [6, 6.07) is 9.09. The van der Waals surface area contributed by atoms with E-state index >= 15 is 0 Å². The average molecular weight is 410 g/mol. The smallest absolute Gasteiger partial charge is 0.237 e. The number of benzene rings is 1. The van der Waals surface area contributed by atoms with E-state index in [4.69, 9.17) is 16.3 Å². The van der Waals surface area contributed by atoms with Crippen LogP contribution in [0, 0.1) is 0 Å². The lowest BCUT2D eigenvalue weighted by molar-refractivity contribution is -0.115. The number of hydrogen-bond donors (Lipinski definition) is 1. The Labute approximate surface area is 163 Å². The first kappa shape index (κ1) is 18.7. The fraction of sp³-hybridized carbons (Fsp3) is 0.250. The number of thioether (sulfide) groups is 1. The number of carbonyl (C=O) groups is 1. The largest absolute Gasteiger partial charge is 0.495 e. The van der Waals surface area contributed by atoms with Gasteiger partial charge in [-0.05, 0) is 47.0 Å². The summed E-state index contributed by atoms with van der Waals surface area (Å²) in [6.07, 6.45) is 0. The van der Waals surface area contributed by atoms with Crippen molar-refractivity contribution in [2.75, 3.05) is 12.4 Å². The molecule has 2 heterocycles. The third-order valence-electron chi connectivity index (χ3n) is 3.46. The van der Waals surface area contributed by atoms with Crippen LogP contribution < -0.4 is 10.1 Å². The van der Waals surface area contributed by atoms with E-state index in [1.54, 1.807) is 48.3 Å². The van der Waals surface area contributed by atoms with Gasteiger partial charge in [0.2, 0.25) is 11.1 Å². The number of tetrazole rings is 1. The molecule has 0 radical (unpaired) electrons. The number of methoxy groups -OCH3 is 1. The summed E-state index contributed by atoms with van der Waals surface area (Å²) in [5, 5.41) is 17.2. The van der Waals surface area contributed by atoms with Gasteiger partial charge in [-0.3, -0.25) is 4.79 Å². The minimum atomic E-state index is -0.385. The van der Waals surface area contributed by atoms with E-state index in [9.17, 15) is 4.79 Å². The maximum Gasteiger partial charge on any atom is 0.237 e. The lowest BCUT2D eigenvalue weighted by Gasteiger charge is -2.12. The Balaban J connectivity index is 1.63. The number of nitrogens with one attached hydrogen (secondary N) is 1. The first-order valence-electron chi connectivity index (χ1n) is 7.66. The fourth-order valence-corrected chi connectivity index (χ4v) is 3.86. The summed E-state index contributed by atoms with van der Waals surface area (Å²) in [4.78, 5) is 13.6. The third-order valence-corrected chi connectivity index (χ3v) is 5.68. The first-order valence-corrected chi connectivity index (χ1v) is 9.80. The molecule has 1 unspecified atom stereocenters. The molecule has 3 aromatic rings. The lowest BCUT2D eigenvalue weighted by Crippen LogP contribution is -2.23. The Morgan fingerprint density at radius 3 is 3.00 bits per heavy atom. The van der Waals surface area contributed by atoms with Crippen LogP contribution in [-0.4, -0.2) is 38.5 Å². The highest BCUT2D eigenvalue weighted by Gasteiger charge is 2.19. The van der Waals surface area contributed by atoms with Crippen molar-refractivity contribution in [1.82, 2.24) is 20.2 Å². The van der Waals surface area contributed by atoms with E-state index < -0.39 is 0 Å². The highest BCUT2D eigenvalue weighted by Crippen LogP contribution is 2.28. The molecule has 0 saturated carbocycles. The number of rotatable bonds is 7. The molecule has 26 heavy (non-hydrogen) atoms. The van der Waals surface area contributed by atoms with Gasteiger partial charge < -0.3 is 10.1 Å². The molecule has 2 aromatic heterocycles. The zero-order valence-corrected chi connectivity index (χ0v) is 16.4. The SMILES string of the molecule is COc1ccc(NC(=O)C(C)Sc2nnnn2Cc2cccs2)cc1Cl. The van der Waals surface area contributed by atoms with Gasteiger partial charge in [0.15, 0.2) is 0 Å². The molecule has 136 valence electrons. The van der Waals surface area contributed by atoms with Crippen LogP contribution in [0.3, 0.4) is 0 Å². The third kappa shape index (κ3) is 4.54. The van der Waals surface area contributed by atoms with Gasteiger partial charge in [0, 0.05) is 10.6 Å². The van der Waals surface area contributed by atoms with Gasteiger partial charge >= 0.3 is 0 Å². The Hall–Kier alpha value is -2.10. The van der Waals surface area contributed by atoms with Crippen LogP contribution in [0.15, 0.2) is 40.9 Å². The standard InChI is InChI=1S/C16H16ClN5O2S2/c1-10(15(23)18-11-5-6-14(24-2)13(17)8-11)26-16-19-20-21-22(16)9-12-4-3-7-25-12/h3-8,10H,9H2,1-2H3,(H,18,23). The summed E-state index contributed by atoms with van der Waals surface area (Å²) in [5.74, 6) is 0.391. The molecule has 1 N–H and O–H groups in total. The Kier molecular flexibility index (Phi) is 6.12. The van der Waals surface area contributed by atoms with E-state index in [-0.39, 0.29) is 11.2 Å². The van der Waals surface area contributed by atoms with Crippen molar-refractivity contribution in [3.63, 3.8) is 0 Å². The number of nitrogens with zero attached hydrogens (tertiary/aromatic N) is 4. The average Bonchev–Trinajstić information content (AvgIpc) is 3.28. The molecule has 0 bridgehead atoms. The van der Waals surface area contributed by atoms with Crippen molar-refractivity contribution in [3.05, 3.63) is 45.6 Å². The zero-order valence-electron chi connectivity index (χ0n) is 14.0. The number of halogens is 1. The zero-order chi connectivity index (χ0) is 18.5. The predicted molar refractivity (Wildman–Crippen MR) is 103 cm³/mol. The van der Waals surface area contributed by atoms with Crippen LogP contribution in [0.1, 0.15) is 11.8 Å². The molecule has 7 nitrogen and oxygen atoms in total. The molecular weight excluding hydrogens is 394 g/mol. The van der Waals surface area contributed by atoms with Crippen molar-refractivity contribution in [2.24, 2.45) is 0 Å². The second-order valence-electron chi connectivity index (χ2n) is 5.30. The van der Waals surface area contributed by atoms with Gasteiger partial charge in [-0.1, -0.05) is 29.4 Å². The number of hydrogen-bond acceptors (Lipinski definition) is 7. The molecule has 0 aliphatic carbocycles. The van der Waals surface area contributed by atoms with E-state index in [2.05, 4.69) is 20.8 Å². The summed E-state index contributed by atoms with van der Waals surface area (Å²) < 4.78 is 6.79.